The molecule has 0 aromatic carbocycles. The highest BCUT2D eigenvalue weighted by Gasteiger charge is 1.95. The minimum absolute atomic E-state index is 0.318. The van der Waals surface area contributed by atoms with Crippen molar-refractivity contribution in [2.24, 2.45) is 0 Å². The molecule has 0 atom stereocenters. The van der Waals surface area contributed by atoms with Crippen LogP contribution in [0.25, 0.3) is 0 Å². The second-order valence-electron chi connectivity index (χ2n) is 4.67. The first-order chi connectivity index (χ1) is 8.77. The van der Waals surface area contributed by atoms with Crippen LogP contribution in [0, 0.1) is 0 Å². The Morgan fingerprint density at radius 2 is 1.50 bits per heavy atom. The predicted molar refractivity (Wildman–Crippen MR) is 77.8 cm³/mol. The van der Waals surface area contributed by atoms with Crippen molar-refractivity contribution >= 4 is 5.97 Å². The normalized spacial score (nSPS) is 11.6. The molecule has 0 radical (unpaired) electrons. The fourth-order valence-corrected chi connectivity index (χ4v) is 1.72. The zero-order valence-electron chi connectivity index (χ0n) is 11.7. The summed E-state index contributed by atoms with van der Waals surface area (Å²) in [6.45, 7) is 2.21. The minimum Gasteiger partial charge on any atom is -0.481 e. The van der Waals surface area contributed by atoms with Gasteiger partial charge in [-0.15, -0.1) is 0 Å². The highest BCUT2D eigenvalue weighted by Crippen LogP contribution is 2.06. The molecule has 18 heavy (non-hydrogen) atoms. The number of carboxylic acid groups (broad SMARTS) is 1. The van der Waals surface area contributed by atoms with E-state index in [0.717, 1.165) is 32.1 Å². The van der Waals surface area contributed by atoms with Gasteiger partial charge in [-0.25, -0.2) is 0 Å². The van der Waals surface area contributed by atoms with Crippen molar-refractivity contribution in [3.05, 3.63) is 24.3 Å². The maximum Gasteiger partial charge on any atom is 0.303 e. The molecule has 0 fully saturated rings. The van der Waals surface area contributed by atoms with Crippen LogP contribution in [0.4, 0.5) is 0 Å². The van der Waals surface area contributed by atoms with Gasteiger partial charge in [-0.1, -0.05) is 56.9 Å². The van der Waals surface area contributed by atoms with Crippen LogP contribution in [-0.2, 0) is 4.79 Å². The number of rotatable bonds is 12. The second-order valence-corrected chi connectivity index (χ2v) is 4.67. The second kappa shape index (κ2) is 14.0. The molecule has 0 saturated heterocycles. The quantitative estimate of drug-likeness (QED) is 0.387. The molecular weight excluding hydrogens is 224 g/mol. The molecule has 1 N–H and O–H groups in total. The lowest BCUT2D eigenvalue weighted by atomic mass is 10.1. The van der Waals surface area contributed by atoms with Gasteiger partial charge in [-0.05, 0) is 32.1 Å². The molecule has 104 valence electrons. The van der Waals surface area contributed by atoms with Crippen LogP contribution in [0.2, 0.25) is 0 Å². The van der Waals surface area contributed by atoms with Crippen LogP contribution in [0.5, 0.6) is 0 Å². The van der Waals surface area contributed by atoms with Gasteiger partial charge in [0.05, 0.1) is 0 Å². The van der Waals surface area contributed by atoms with Crippen molar-refractivity contribution in [1.82, 2.24) is 0 Å². The van der Waals surface area contributed by atoms with Crippen LogP contribution in [0.1, 0.15) is 71.1 Å². The van der Waals surface area contributed by atoms with E-state index in [0.29, 0.717) is 6.42 Å². The molecule has 0 heterocycles. The molecule has 0 aromatic heterocycles. The third-order valence-corrected chi connectivity index (χ3v) is 2.84. The van der Waals surface area contributed by atoms with Crippen molar-refractivity contribution in [3.8, 4) is 0 Å². The summed E-state index contributed by atoms with van der Waals surface area (Å²) >= 11 is 0. The van der Waals surface area contributed by atoms with E-state index in [1.165, 1.54) is 25.7 Å². The summed E-state index contributed by atoms with van der Waals surface area (Å²) in [5.41, 5.74) is 0. The number of aliphatic carboxylic acids is 1. The molecule has 0 aliphatic heterocycles. The van der Waals surface area contributed by atoms with E-state index in [4.69, 9.17) is 5.11 Å². The van der Waals surface area contributed by atoms with E-state index in [-0.39, 0.29) is 0 Å². The maximum absolute atomic E-state index is 10.3. The summed E-state index contributed by atoms with van der Waals surface area (Å²) in [7, 11) is 0. The Kier molecular flexibility index (Phi) is 13.2. The number of hydrogen-bond donors (Lipinski definition) is 1. The van der Waals surface area contributed by atoms with Gasteiger partial charge in [-0.2, -0.15) is 0 Å². The molecule has 0 amide bonds. The third kappa shape index (κ3) is 14.9. The smallest absolute Gasteiger partial charge is 0.303 e. The molecule has 0 aromatic rings. The lowest BCUT2D eigenvalue weighted by molar-refractivity contribution is -0.137. The predicted octanol–water partition coefficient (Wildman–Crippen LogP) is 5.10. The van der Waals surface area contributed by atoms with Crippen molar-refractivity contribution in [2.45, 2.75) is 71.1 Å². The average molecular weight is 252 g/mol. The lowest BCUT2D eigenvalue weighted by Crippen LogP contribution is -1.93. The summed E-state index contributed by atoms with van der Waals surface area (Å²) in [4.78, 5) is 10.3. The lowest BCUT2D eigenvalue weighted by Gasteiger charge is -1.96. The first kappa shape index (κ1) is 16.9. The van der Waals surface area contributed by atoms with Crippen molar-refractivity contribution < 1.29 is 9.90 Å². The van der Waals surface area contributed by atoms with E-state index < -0.39 is 5.97 Å². The zero-order valence-corrected chi connectivity index (χ0v) is 11.7. The topological polar surface area (TPSA) is 37.3 Å². The Morgan fingerprint density at radius 3 is 2.11 bits per heavy atom. The molecule has 0 bridgehead atoms. The van der Waals surface area contributed by atoms with Crippen LogP contribution in [0.15, 0.2) is 24.3 Å². The van der Waals surface area contributed by atoms with Gasteiger partial charge < -0.3 is 5.11 Å². The molecule has 0 aliphatic carbocycles. The van der Waals surface area contributed by atoms with E-state index in [2.05, 4.69) is 31.2 Å². The monoisotopic (exact) mass is 252 g/mol. The van der Waals surface area contributed by atoms with Gasteiger partial charge in [-0.3, -0.25) is 4.79 Å². The molecule has 2 nitrogen and oxygen atoms in total. The summed E-state index contributed by atoms with van der Waals surface area (Å²) in [5, 5.41) is 8.47. The van der Waals surface area contributed by atoms with E-state index >= 15 is 0 Å². The Bertz CT molecular complexity index is 241. The molecule has 0 aliphatic rings. The first-order valence-electron chi connectivity index (χ1n) is 7.29. The van der Waals surface area contributed by atoms with Crippen LogP contribution < -0.4 is 0 Å². The van der Waals surface area contributed by atoms with Crippen molar-refractivity contribution in [2.75, 3.05) is 0 Å². The minimum atomic E-state index is -0.676. The van der Waals surface area contributed by atoms with Gasteiger partial charge in [0.2, 0.25) is 0 Å². The van der Waals surface area contributed by atoms with Crippen molar-refractivity contribution in [1.29, 1.82) is 0 Å². The number of unbranched alkanes of at least 4 members (excludes halogenated alkanes) is 6. The molecule has 2 heteroatoms. The highest BCUT2D eigenvalue weighted by atomic mass is 16.4. The van der Waals surface area contributed by atoms with Gasteiger partial charge in [0.25, 0.3) is 0 Å². The number of allylic oxidation sites excluding steroid dienone is 4. The highest BCUT2D eigenvalue weighted by molar-refractivity contribution is 5.66. The first-order valence-corrected chi connectivity index (χ1v) is 7.29. The molecule has 0 unspecified atom stereocenters. The number of carbonyl (C=O) groups is 1. The van der Waals surface area contributed by atoms with Gasteiger partial charge in [0, 0.05) is 6.42 Å². The van der Waals surface area contributed by atoms with E-state index in [9.17, 15) is 4.79 Å². The Labute approximate surface area is 112 Å². The van der Waals surface area contributed by atoms with Crippen LogP contribution in [-0.4, -0.2) is 11.1 Å². The Balaban J connectivity index is 3.18. The summed E-state index contributed by atoms with van der Waals surface area (Å²) in [6, 6.07) is 0. The largest absolute Gasteiger partial charge is 0.481 e. The molecule has 0 spiro atoms. The van der Waals surface area contributed by atoms with Gasteiger partial charge in [0.1, 0.15) is 0 Å². The Morgan fingerprint density at radius 1 is 0.889 bits per heavy atom. The SMILES string of the molecule is CCCC/C=C\C/C=C\CCCCCCC(=O)O. The Hall–Kier alpha value is -1.05. The summed E-state index contributed by atoms with van der Waals surface area (Å²) in [5.74, 6) is -0.676. The van der Waals surface area contributed by atoms with Gasteiger partial charge in [0.15, 0.2) is 0 Å². The fraction of sp³-hybridized carbons (Fsp3) is 0.688. The third-order valence-electron chi connectivity index (χ3n) is 2.84. The van der Waals surface area contributed by atoms with E-state index in [1.807, 2.05) is 0 Å². The zero-order chi connectivity index (χ0) is 13.5. The summed E-state index contributed by atoms with van der Waals surface area (Å²) in [6.07, 6.45) is 19.4. The standard InChI is InChI=1S/C16H28O2/c1-2-3-4-5-6-7-8-9-10-11-12-13-14-15-16(17)18/h5-6,8-9H,2-4,7,10-15H2,1H3,(H,17,18)/b6-5-,9-8-. The number of hydrogen-bond acceptors (Lipinski definition) is 1. The van der Waals surface area contributed by atoms with Crippen LogP contribution >= 0.6 is 0 Å². The molecular formula is C16H28O2. The molecule has 0 saturated carbocycles. The number of carboxylic acids is 1. The summed E-state index contributed by atoms with van der Waals surface area (Å²) < 4.78 is 0. The maximum atomic E-state index is 10.3. The van der Waals surface area contributed by atoms with Crippen LogP contribution in [0.3, 0.4) is 0 Å². The van der Waals surface area contributed by atoms with Gasteiger partial charge >= 0.3 is 5.97 Å². The average Bonchev–Trinajstić information content (AvgIpc) is 2.34. The van der Waals surface area contributed by atoms with E-state index in [1.54, 1.807) is 0 Å². The van der Waals surface area contributed by atoms with Crippen molar-refractivity contribution in [3.63, 3.8) is 0 Å². The molecule has 0 rings (SSSR count). The fourth-order valence-electron chi connectivity index (χ4n) is 1.72.